The zero-order chi connectivity index (χ0) is 13.0. The lowest BCUT2D eigenvalue weighted by Crippen LogP contribution is -2.45. The summed E-state index contributed by atoms with van der Waals surface area (Å²) in [5, 5.41) is 6.18. The van der Waals surface area contributed by atoms with Gasteiger partial charge in [-0.2, -0.15) is 0 Å². The maximum atomic E-state index is 11.8. The molecule has 6 heteroatoms. The molecule has 1 unspecified atom stereocenters. The van der Waals surface area contributed by atoms with Crippen molar-refractivity contribution in [1.29, 1.82) is 0 Å². The van der Waals surface area contributed by atoms with Crippen LogP contribution in [0.3, 0.4) is 0 Å². The predicted molar refractivity (Wildman–Crippen MR) is 72.2 cm³/mol. The molecular formula is C12H21N3O2S. The van der Waals surface area contributed by atoms with Crippen molar-refractivity contribution in [3.05, 3.63) is 0 Å². The van der Waals surface area contributed by atoms with Gasteiger partial charge in [-0.3, -0.25) is 14.9 Å². The Labute approximate surface area is 112 Å². The Morgan fingerprint density at radius 1 is 1.39 bits per heavy atom. The Balaban J connectivity index is 1.65. The lowest BCUT2D eigenvalue weighted by atomic mass is 9.96. The molecule has 0 bridgehead atoms. The van der Waals surface area contributed by atoms with Gasteiger partial charge in [0.25, 0.3) is 0 Å². The summed E-state index contributed by atoms with van der Waals surface area (Å²) in [5.74, 6) is 2.53. The SMILES string of the molecule is CC(=O)N1CCC(CNC(=O)C2CSCN2)CC1. The minimum Gasteiger partial charge on any atom is -0.354 e. The molecule has 0 saturated carbocycles. The van der Waals surface area contributed by atoms with Crippen molar-refractivity contribution in [3.63, 3.8) is 0 Å². The van der Waals surface area contributed by atoms with Gasteiger partial charge in [-0.25, -0.2) is 0 Å². The first-order valence-electron chi connectivity index (χ1n) is 6.51. The van der Waals surface area contributed by atoms with Crippen LogP contribution in [0.25, 0.3) is 0 Å². The monoisotopic (exact) mass is 271 g/mol. The summed E-state index contributed by atoms with van der Waals surface area (Å²) in [5.41, 5.74) is 0. The average molecular weight is 271 g/mol. The van der Waals surface area contributed by atoms with Gasteiger partial charge in [0, 0.05) is 38.2 Å². The number of carbonyl (C=O) groups is 2. The molecule has 2 N–H and O–H groups in total. The average Bonchev–Trinajstić information content (AvgIpc) is 2.90. The molecule has 2 aliphatic rings. The molecule has 5 nitrogen and oxygen atoms in total. The summed E-state index contributed by atoms with van der Waals surface area (Å²) in [6.07, 6.45) is 1.99. The second kappa shape index (κ2) is 6.43. The summed E-state index contributed by atoms with van der Waals surface area (Å²) in [7, 11) is 0. The molecule has 2 fully saturated rings. The minimum absolute atomic E-state index is 0.0210. The third kappa shape index (κ3) is 3.62. The Morgan fingerprint density at radius 2 is 2.11 bits per heavy atom. The number of hydrogen-bond acceptors (Lipinski definition) is 4. The molecular weight excluding hydrogens is 250 g/mol. The van der Waals surface area contributed by atoms with Gasteiger partial charge >= 0.3 is 0 Å². The van der Waals surface area contributed by atoms with E-state index in [2.05, 4.69) is 10.6 Å². The van der Waals surface area contributed by atoms with Crippen LogP contribution in [0, 0.1) is 5.92 Å². The molecule has 1 atom stereocenters. The van der Waals surface area contributed by atoms with Crippen LogP contribution in [0.15, 0.2) is 0 Å². The van der Waals surface area contributed by atoms with Crippen molar-refractivity contribution >= 4 is 23.6 Å². The molecule has 0 aromatic carbocycles. The standard InChI is InChI=1S/C12H21N3O2S/c1-9(16)15-4-2-10(3-5-15)6-13-12(17)11-7-18-8-14-11/h10-11,14H,2-8H2,1H3,(H,13,17). The minimum atomic E-state index is -0.0210. The van der Waals surface area contributed by atoms with Crippen LogP contribution in [0.1, 0.15) is 19.8 Å². The fourth-order valence-electron chi connectivity index (χ4n) is 2.38. The second-order valence-corrected chi connectivity index (χ2v) is 6.00. The van der Waals surface area contributed by atoms with E-state index in [1.807, 2.05) is 4.90 Å². The van der Waals surface area contributed by atoms with Crippen molar-refractivity contribution < 1.29 is 9.59 Å². The second-order valence-electron chi connectivity index (χ2n) is 4.97. The normalized spacial score (nSPS) is 25.2. The molecule has 0 spiro atoms. The summed E-state index contributed by atoms with van der Waals surface area (Å²) in [6.45, 7) is 4.01. The number of piperidine rings is 1. The predicted octanol–water partition coefficient (Wildman–Crippen LogP) is 0.0236. The van der Waals surface area contributed by atoms with E-state index in [0.717, 1.165) is 44.1 Å². The lowest BCUT2D eigenvalue weighted by molar-refractivity contribution is -0.130. The number of likely N-dealkylation sites (tertiary alicyclic amines) is 1. The molecule has 0 aliphatic carbocycles. The highest BCUT2D eigenvalue weighted by molar-refractivity contribution is 7.99. The van der Waals surface area contributed by atoms with Crippen molar-refractivity contribution in [1.82, 2.24) is 15.5 Å². The fourth-order valence-corrected chi connectivity index (χ4v) is 3.33. The molecule has 2 saturated heterocycles. The first-order chi connectivity index (χ1) is 8.66. The highest BCUT2D eigenvalue weighted by Gasteiger charge is 2.24. The summed E-state index contributed by atoms with van der Waals surface area (Å²) in [4.78, 5) is 24.9. The third-order valence-corrected chi connectivity index (χ3v) is 4.60. The Bertz CT molecular complexity index is 310. The number of nitrogens with zero attached hydrogens (tertiary/aromatic N) is 1. The summed E-state index contributed by atoms with van der Waals surface area (Å²) < 4.78 is 0. The van der Waals surface area contributed by atoms with Crippen LogP contribution >= 0.6 is 11.8 Å². The zero-order valence-electron chi connectivity index (χ0n) is 10.8. The number of hydrogen-bond donors (Lipinski definition) is 2. The number of thioether (sulfide) groups is 1. The first kappa shape index (κ1) is 13.7. The van der Waals surface area contributed by atoms with Gasteiger partial charge in [-0.15, -0.1) is 11.8 Å². The van der Waals surface area contributed by atoms with E-state index < -0.39 is 0 Å². The quantitative estimate of drug-likeness (QED) is 0.760. The number of carbonyl (C=O) groups excluding carboxylic acids is 2. The van der Waals surface area contributed by atoms with E-state index in [4.69, 9.17) is 0 Å². The van der Waals surface area contributed by atoms with Crippen LogP contribution in [0.2, 0.25) is 0 Å². The molecule has 0 radical (unpaired) electrons. The fraction of sp³-hybridized carbons (Fsp3) is 0.833. The Hall–Kier alpha value is -0.750. The van der Waals surface area contributed by atoms with Crippen LogP contribution < -0.4 is 10.6 Å². The molecule has 2 amide bonds. The number of amides is 2. The van der Waals surface area contributed by atoms with Crippen LogP contribution in [-0.4, -0.2) is 54.0 Å². The van der Waals surface area contributed by atoms with Crippen LogP contribution in [0.5, 0.6) is 0 Å². The zero-order valence-corrected chi connectivity index (χ0v) is 11.6. The molecule has 2 heterocycles. The summed E-state index contributed by atoms with van der Waals surface area (Å²) >= 11 is 1.76. The van der Waals surface area contributed by atoms with E-state index in [9.17, 15) is 9.59 Å². The van der Waals surface area contributed by atoms with Gasteiger partial charge in [0.05, 0.1) is 6.04 Å². The van der Waals surface area contributed by atoms with E-state index in [0.29, 0.717) is 5.92 Å². The van der Waals surface area contributed by atoms with E-state index in [1.54, 1.807) is 18.7 Å². The van der Waals surface area contributed by atoms with Gasteiger partial charge in [-0.1, -0.05) is 0 Å². The van der Waals surface area contributed by atoms with Crippen molar-refractivity contribution in [2.24, 2.45) is 5.92 Å². The number of rotatable bonds is 3. The van der Waals surface area contributed by atoms with E-state index >= 15 is 0 Å². The largest absolute Gasteiger partial charge is 0.354 e. The van der Waals surface area contributed by atoms with Gasteiger partial charge in [0.1, 0.15) is 0 Å². The highest BCUT2D eigenvalue weighted by Crippen LogP contribution is 2.16. The van der Waals surface area contributed by atoms with Crippen molar-refractivity contribution in [2.45, 2.75) is 25.8 Å². The van der Waals surface area contributed by atoms with Gasteiger partial charge in [0.2, 0.25) is 11.8 Å². The molecule has 18 heavy (non-hydrogen) atoms. The van der Waals surface area contributed by atoms with E-state index in [-0.39, 0.29) is 17.9 Å². The first-order valence-corrected chi connectivity index (χ1v) is 7.66. The topological polar surface area (TPSA) is 61.4 Å². The number of nitrogens with one attached hydrogen (secondary N) is 2. The van der Waals surface area contributed by atoms with Gasteiger partial charge in [0.15, 0.2) is 0 Å². The smallest absolute Gasteiger partial charge is 0.238 e. The molecule has 2 rings (SSSR count). The molecule has 2 aliphatic heterocycles. The van der Waals surface area contributed by atoms with Gasteiger partial charge < -0.3 is 10.2 Å². The van der Waals surface area contributed by atoms with E-state index in [1.165, 1.54) is 0 Å². The van der Waals surface area contributed by atoms with Crippen molar-refractivity contribution in [3.8, 4) is 0 Å². The summed E-state index contributed by atoms with van der Waals surface area (Å²) in [6, 6.07) is -0.0210. The Kier molecular flexibility index (Phi) is 4.88. The molecule has 0 aromatic rings. The van der Waals surface area contributed by atoms with Gasteiger partial charge in [-0.05, 0) is 18.8 Å². The third-order valence-electron chi connectivity index (χ3n) is 3.66. The van der Waals surface area contributed by atoms with Crippen LogP contribution in [-0.2, 0) is 9.59 Å². The molecule has 0 aromatic heterocycles. The maximum absolute atomic E-state index is 11.8. The van der Waals surface area contributed by atoms with Crippen molar-refractivity contribution in [2.75, 3.05) is 31.3 Å². The lowest BCUT2D eigenvalue weighted by Gasteiger charge is -2.31. The maximum Gasteiger partial charge on any atom is 0.238 e. The highest BCUT2D eigenvalue weighted by atomic mass is 32.2. The molecule has 102 valence electrons. The Morgan fingerprint density at radius 3 is 2.67 bits per heavy atom. The van der Waals surface area contributed by atoms with Crippen LogP contribution in [0.4, 0.5) is 0 Å².